The van der Waals surface area contributed by atoms with Crippen molar-refractivity contribution in [2.75, 3.05) is 46.5 Å². The van der Waals surface area contributed by atoms with Crippen molar-refractivity contribution in [1.82, 2.24) is 9.21 Å². The Morgan fingerprint density at radius 2 is 1.67 bits per heavy atom. The number of likely N-dealkylation sites (tertiary alicyclic amines) is 1. The molecule has 1 aromatic rings. The minimum absolute atomic E-state index is 0.0499. The van der Waals surface area contributed by atoms with E-state index in [4.69, 9.17) is 9.47 Å². The van der Waals surface area contributed by atoms with Crippen LogP contribution in [0.1, 0.15) is 25.7 Å². The average Bonchev–Trinajstić information content (AvgIpc) is 3.23. The zero-order chi connectivity index (χ0) is 19.3. The summed E-state index contributed by atoms with van der Waals surface area (Å²) >= 11 is 0. The summed E-state index contributed by atoms with van der Waals surface area (Å²) in [6.45, 7) is 3.36. The van der Waals surface area contributed by atoms with E-state index >= 15 is 0 Å². The van der Waals surface area contributed by atoms with Gasteiger partial charge in [0.1, 0.15) is 12.4 Å². The zero-order valence-corrected chi connectivity index (χ0v) is 16.6. The van der Waals surface area contributed by atoms with Gasteiger partial charge in [-0.1, -0.05) is 0 Å². The number of rotatable bonds is 7. The van der Waals surface area contributed by atoms with E-state index in [0.717, 1.165) is 25.9 Å². The quantitative estimate of drug-likeness (QED) is 0.656. The second-order valence-electron chi connectivity index (χ2n) is 7.02. The van der Waals surface area contributed by atoms with Crippen molar-refractivity contribution in [3.8, 4) is 5.75 Å². The highest BCUT2D eigenvalue weighted by atomic mass is 32.2. The molecule has 2 heterocycles. The van der Waals surface area contributed by atoms with E-state index in [2.05, 4.69) is 0 Å². The summed E-state index contributed by atoms with van der Waals surface area (Å²) in [4.78, 5) is 14.7. The maximum absolute atomic E-state index is 12.9. The van der Waals surface area contributed by atoms with Crippen LogP contribution in [0.5, 0.6) is 5.75 Å². The van der Waals surface area contributed by atoms with Crippen molar-refractivity contribution in [1.29, 1.82) is 0 Å². The molecule has 0 spiro atoms. The highest BCUT2D eigenvalue weighted by molar-refractivity contribution is 7.89. The summed E-state index contributed by atoms with van der Waals surface area (Å²) in [5.74, 6) is 0.758. The Bertz CT molecular complexity index is 721. The number of hydrogen-bond donors (Lipinski definition) is 0. The molecule has 27 heavy (non-hydrogen) atoms. The van der Waals surface area contributed by atoms with Crippen LogP contribution in [0.4, 0.5) is 0 Å². The van der Waals surface area contributed by atoms with Gasteiger partial charge in [0.15, 0.2) is 0 Å². The van der Waals surface area contributed by atoms with Crippen molar-refractivity contribution in [2.24, 2.45) is 5.92 Å². The van der Waals surface area contributed by atoms with E-state index < -0.39 is 10.0 Å². The van der Waals surface area contributed by atoms with Gasteiger partial charge in [-0.2, -0.15) is 4.31 Å². The summed E-state index contributed by atoms with van der Waals surface area (Å²) in [6, 6.07) is 6.45. The number of methoxy groups -OCH3 is 1. The first kappa shape index (κ1) is 20.1. The summed E-state index contributed by atoms with van der Waals surface area (Å²) in [5, 5.41) is 0. The third-order valence-electron chi connectivity index (χ3n) is 5.24. The Hall–Kier alpha value is -1.64. The molecule has 0 saturated carbocycles. The van der Waals surface area contributed by atoms with Gasteiger partial charge in [0, 0.05) is 39.2 Å². The fourth-order valence-electron chi connectivity index (χ4n) is 3.64. The fraction of sp³-hybridized carbons (Fsp3) is 0.632. The van der Waals surface area contributed by atoms with Crippen LogP contribution >= 0.6 is 0 Å². The molecule has 0 N–H and O–H groups in total. The predicted octanol–water partition coefficient (Wildman–Crippen LogP) is 1.73. The molecule has 7 nitrogen and oxygen atoms in total. The van der Waals surface area contributed by atoms with E-state index in [1.165, 1.54) is 4.31 Å². The number of carbonyl (C=O) groups excluding carboxylic acids is 1. The Balaban J connectivity index is 1.57. The van der Waals surface area contributed by atoms with Crippen LogP contribution < -0.4 is 4.74 Å². The molecule has 2 saturated heterocycles. The molecule has 1 amide bonds. The van der Waals surface area contributed by atoms with Crippen molar-refractivity contribution >= 4 is 15.9 Å². The molecule has 0 atom stereocenters. The Kier molecular flexibility index (Phi) is 6.73. The first-order valence-corrected chi connectivity index (χ1v) is 11.0. The lowest BCUT2D eigenvalue weighted by atomic mass is 9.97. The molecule has 0 radical (unpaired) electrons. The van der Waals surface area contributed by atoms with Gasteiger partial charge in [0.2, 0.25) is 15.9 Å². The summed E-state index contributed by atoms with van der Waals surface area (Å²) in [7, 11) is -1.95. The van der Waals surface area contributed by atoms with Crippen LogP contribution in [-0.2, 0) is 19.6 Å². The fourth-order valence-corrected chi connectivity index (χ4v) is 5.11. The van der Waals surface area contributed by atoms with E-state index in [0.29, 0.717) is 44.9 Å². The van der Waals surface area contributed by atoms with Gasteiger partial charge in [-0.05, 0) is 49.9 Å². The third kappa shape index (κ3) is 4.80. The lowest BCUT2D eigenvalue weighted by Gasteiger charge is -2.32. The van der Waals surface area contributed by atoms with E-state index in [-0.39, 0.29) is 16.7 Å². The smallest absolute Gasteiger partial charge is 0.243 e. The number of benzene rings is 1. The number of ether oxygens (including phenoxy) is 2. The number of nitrogens with zero attached hydrogens (tertiary/aromatic N) is 2. The number of piperidine rings is 1. The summed E-state index contributed by atoms with van der Waals surface area (Å²) < 4.78 is 37.6. The third-order valence-corrected chi connectivity index (χ3v) is 7.15. The van der Waals surface area contributed by atoms with Gasteiger partial charge in [0.05, 0.1) is 11.5 Å². The normalized spacial score (nSPS) is 19.4. The van der Waals surface area contributed by atoms with Crippen LogP contribution in [0.15, 0.2) is 29.2 Å². The van der Waals surface area contributed by atoms with Gasteiger partial charge in [-0.15, -0.1) is 0 Å². The Labute approximate surface area is 161 Å². The topological polar surface area (TPSA) is 76.1 Å². The van der Waals surface area contributed by atoms with E-state index in [1.54, 1.807) is 31.4 Å². The summed E-state index contributed by atoms with van der Waals surface area (Å²) in [5.41, 5.74) is 0. The SMILES string of the molecule is COCCOc1ccc(S(=O)(=O)N2CCC(C(=O)N3CCCC3)CC2)cc1. The largest absolute Gasteiger partial charge is 0.491 e. The molecule has 2 aliphatic heterocycles. The summed E-state index contributed by atoms with van der Waals surface area (Å²) in [6.07, 6.45) is 3.33. The minimum Gasteiger partial charge on any atom is -0.491 e. The first-order chi connectivity index (χ1) is 13.0. The lowest BCUT2D eigenvalue weighted by molar-refractivity contribution is -0.135. The second-order valence-corrected chi connectivity index (χ2v) is 8.96. The zero-order valence-electron chi connectivity index (χ0n) is 15.8. The first-order valence-electron chi connectivity index (χ1n) is 9.53. The standard InChI is InChI=1S/C19H28N2O5S/c1-25-14-15-26-17-4-6-18(7-5-17)27(23,24)21-12-8-16(9-13-21)19(22)20-10-2-3-11-20/h4-7,16H,2-3,8-15H2,1H3. The highest BCUT2D eigenvalue weighted by Crippen LogP contribution is 2.27. The number of amides is 1. The number of sulfonamides is 1. The van der Waals surface area contributed by atoms with E-state index in [9.17, 15) is 13.2 Å². The second kappa shape index (κ2) is 9.03. The molecule has 150 valence electrons. The lowest BCUT2D eigenvalue weighted by Crippen LogP contribution is -2.43. The van der Waals surface area contributed by atoms with E-state index in [1.807, 2.05) is 4.90 Å². The predicted molar refractivity (Wildman–Crippen MR) is 101 cm³/mol. The molecule has 2 aliphatic rings. The minimum atomic E-state index is -3.54. The van der Waals surface area contributed by atoms with Crippen molar-refractivity contribution < 1.29 is 22.7 Å². The molecule has 1 aromatic carbocycles. The molecule has 8 heteroatoms. The molecular formula is C19H28N2O5S. The van der Waals surface area contributed by atoms with Crippen molar-refractivity contribution in [3.05, 3.63) is 24.3 Å². The van der Waals surface area contributed by atoms with Gasteiger partial charge in [-0.25, -0.2) is 8.42 Å². The van der Waals surface area contributed by atoms with Crippen molar-refractivity contribution in [2.45, 2.75) is 30.6 Å². The molecule has 0 aromatic heterocycles. The Morgan fingerprint density at radius 1 is 1.04 bits per heavy atom. The van der Waals surface area contributed by atoms with Crippen molar-refractivity contribution in [3.63, 3.8) is 0 Å². The van der Waals surface area contributed by atoms with Gasteiger partial charge >= 0.3 is 0 Å². The van der Waals surface area contributed by atoms with Gasteiger partial charge in [-0.3, -0.25) is 4.79 Å². The maximum atomic E-state index is 12.9. The number of carbonyl (C=O) groups is 1. The Morgan fingerprint density at radius 3 is 2.26 bits per heavy atom. The van der Waals surface area contributed by atoms with Crippen LogP contribution in [0.3, 0.4) is 0 Å². The average molecular weight is 397 g/mol. The molecular weight excluding hydrogens is 368 g/mol. The number of hydrogen-bond acceptors (Lipinski definition) is 5. The van der Waals surface area contributed by atoms with Crippen LogP contribution in [0, 0.1) is 5.92 Å². The molecule has 3 rings (SSSR count). The van der Waals surface area contributed by atoms with Gasteiger partial charge < -0.3 is 14.4 Å². The molecule has 0 unspecified atom stereocenters. The highest BCUT2D eigenvalue weighted by Gasteiger charge is 2.34. The maximum Gasteiger partial charge on any atom is 0.243 e. The van der Waals surface area contributed by atoms with Crippen LogP contribution in [-0.4, -0.2) is 70.0 Å². The molecule has 0 aliphatic carbocycles. The monoisotopic (exact) mass is 396 g/mol. The van der Waals surface area contributed by atoms with Crippen LogP contribution in [0.25, 0.3) is 0 Å². The van der Waals surface area contributed by atoms with Crippen LogP contribution in [0.2, 0.25) is 0 Å². The van der Waals surface area contributed by atoms with Gasteiger partial charge in [0.25, 0.3) is 0 Å². The molecule has 2 fully saturated rings. The molecule has 0 bridgehead atoms.